The Morgan fingerprint density at radius 3 is 2.21 bits per heavy atom. The van der Waals surface area contributed by atoms with E-state index in [-0.39, 0.29) is 17.2 Å². The molecule has 0 amide bonds. The van der Waals surface area contributed by atoms with Crippen molar-refractivity contribution in [3.05, 3.63) is 11.4 Å². The minimum Gasteiger partial charge on any atom is -0.281 e. The smallest absolute Gasteiger partial charge is 0.244 e. The second-order valence-electron chi connectivity index (χ2n) is 4.26. The Morgan fingerprint density at radius 2 is 1.79 bits per heavy atom. The van der Waals surface area contributed by atoms with Gasteiger partial charge in [0.2, 0.25) is 20.0 Å². The van der Waals surface area contributed by atoms with E-state index < -0.39 is 20.0 Å². The summed E-state index contributed by atoms with van der Waals surface area (Å²) in [5.41, 5.74) is 0.765. The van der Waals surface area contributed by atoms with Crippen molar-refractivity contribution in [3.63, 3.8) is 0 Å². The van der Waals surface area contributed by atoms with E-state index in [2.05, 4.69) is 14.9 Å². The molecule has 0 atom stereocenters. The zero-order chi connectivity index (χ0) is 14.8. The van der Waals surface area contributed by atoms with Crippen LogP contribution in [0, 0.1) is 13.8 Å². The monoisotopic (exact) mass is 310 g/mol. The van der Waals surface area contributed by atoms with E-state index in [1.807, 2.05) is 0 Å². The highest BCUT2D eigenvalue weighted by atomic mass is 32.2. The molecule has 1 aromatic heterocycles. The maximum absolute atomic E-state index is 12.0. The Morgan fingerprint density at radius 1 is 1.21 bits per heavy atom. The van der Waals surface area contributed by atoms with Crippen molar-refractivity contribution in [1.82, 2.24) is 19.2 Å². The van der Waals surface area contributed by atoms with Crippen LogP contribution in [0.1, 0.15) is 11.4 Å². The highest BCUT2D eigenvalue weighted by molar-refractivity contribution is 7.90. The van der Waals surface area contributed by atoms with Gasteiger partial charge in [0, 0.05) is 20.6 Å². The van der Waals surface area contributed by atoms with Crippen LogP contribution in [0.25, 0.3) is 0 Å². The molecule has 0 saturated carbocycles. The van der Waals surface area contributed by atoms with Gasteiger partial charge in [0.05, 0.1) is 17.1 Å². The zero-order valence-corrected chi connectivity index (χ0v) is 12.9. The highest BCUT2D eigenvalue weighted by Crippen LogP contribution is 2.15. The summed E-state index contributed by atoms with van der Waals surface area (Å²) in [4.78, 5) is 0.0646. The number of sulfonamides is 2. The lowest BCUT2D eigenvalue weighted by molar-refractivity contribution is 0.519. The molecule has 2 N–H and O–H groups in total. The number of hydrogen-bond donors (Lipinski definition) is 2. The lowest BCUT2D eigenvalue weighted by atomic mass is 10.4. The maximum Gasteiger partial charge on any atom is 0.244 e. The first-order chi connectivity index (χ1) is 8.58. The molecule has 19 heavy (non-hydrogen) atoms. The molecule has 1 heterocycles. The molecule has 0 unspecified atom stereocenters. The first-order valence-corrected chi connectivity index (χ1v) is 8.58. The van der Waals surface area contributed by atoms with E-state index in [0.29, 0.717) is 11.4 Å². The zero-order valence-electron chi connectivity index (χ0n) is 11.3. The lowest BCUT2D eigenvalue weighted by Crippen LogP contribution is -2.34. The number of aromatic nitrogens is 2. The van der Waals surface area contributed by atoms with Crippen molar-refractivity contribution >= 4 is 20.0 Å². The Hall–Kier alpha value is -0.970. The normalized spacial score (nSPS) is 13.1. The molecule has 0 aliphatic rings. The number of aryl methyl sites for hydroxylation is 2. The summed E-state index contributed by atoms with van der Waals surface area (Å²) in [6, 6.07) is 0. The van der Waals surface area contributed by atoms with Crippen LogP contribution in [0.5, 0.6) is 0 Å². The molecule has 0 spiro atoms. The van der Waals surface area contributed by atoms with Crippen molar-refractivity contribution < 1.29 is 16.8 Å². The van der Waals surface area contributed by atoms with Gasteiger partial charge in [-0.3, -0.25) is 5.10 Å². The standard InChI is InChI=1S/C9H18N4O4S2/c1-7-9(8(2)12-11-7)19(16,17)10-5-6-18(14,15)13(3)4/h10H,5-6H2,1-4H3,(H,11,12). The number of hydrogen-bond acceptors (Lipinski definition) is 5. The summed E-state index contributed by atoms with van der Waals surface area (Å²) < 4.78 is 50.4. The van der Waals surface area contributed by atoms with Crippen LogP contribution in [0.2, 0.25) is 0 Å². The van der Waals surface area contributed by atoms with Crippen LogP contribution >= 0.6 is 0 Å². The Bertz CT molecular complexity index is 626. The largest absolute Gasteiger partial charge is 0.281 e. The molecular weight excluding hydrogens is 292 g/mol. The Balaban J connectivity index is 2.79. The van der Waals surface area contributed by atoms with Gasteiger partial charge in [-0.15, -0.1) is 0 Å². The van der Waals surface area contributed by atoms with Gasteiger partial charge in [0.1, 0.15) is 4.90 Å². The molecule has 0 aliphatic heterocycles. The number of H-pyrrole nitrogens is 1. The molecule has 0 aliphatic carbocycles. The summed E-state index contributed by atoms with van der Waals surface area (Å²) >= 11 is 0. The Labute approximate surface area is 113 Å². The van der Waals surface area contributed by atoms with E-state index in [1.165, 1.54) is 14.1 Å². The van der Waals surface area contributed by atoms with Gasteiger partial charge in [-0.2, -0.15) is 5.10 Å². The van der Waals surface area contributed by atoms with Crippen LogP contribution in [0.15, 0.2) is 4.90 Å². The fourth-order valence-electron chi connectivity index (χ4n) is 1.50. The van der Waals surface area contributed by atoms with Crippen LogP contribution in [-0.4, -0.2) is 57.7 Å². The van der Waals surface area contributed by atoms with Crippen LogP contribution in [0.4, 0.5) is 0 Å². The highest BCUT2D eigenvalue weighted by Gasteiger charge is 2.23. The van der Waals surface area contributed by atoms with E-state index in [9.17, 15) is 16.8 Å². The topological polar surface area (TPSA) is 112 Å². The van der Waals surface area contributed by atoms with E-state index in [4.69, 9.17) is 0 Å². The summed E-state index contributed by atoms with van der Waals surface area (Å²) in [5, 5.41) is 6.37. The predicted octanol–water partition coefficient (Wildman–Crippen LogP) is -0.804. The summed E-state index contributed by atoms with van der Waals surface area (Å²) in [5.74, 6) is -0.296. The average Bonchev–Trinajstić information content (AvgIpc) is 2.58. The summed E-state index contributed by atoms with van der Waals surface area (Å²) in [6.45, 7) is 2.96. The fraction of sp³-hybridized carbons (Fsp3) is 0.667. The van der Waals surface area contributed by atoms with Crippen LogP contribution in [-0.2, 0) is 20.0 Å². The van der Waals surface area contributed by atoms with Gasteiger partial charge in [-0.1, -0.05) is 0 Å². The molecule has 1 aromatic rings. The maximum atomic E-state index is 12.0. The molecule has 1 rings (SSSR count). The van der Waals surface area contributed by atoms with Crippen molar-refractivity contribution in [1.29, 1.82) is 0 Å². The molecule has 10 heteroatoms. The number of rotatable bonds is 6. The summed E-state index contributed by atoms with van der Waals surface area (Å²) in [7, 11) is -4.39. The summed E-state index contributed by atoms with van der Waals surface area (Å²) in [6.07, 6.45) is 0. The van der Waals surface area contributed by atoms with Gasteiger partial charge in [-0.25, -0.2) is 25.9 Å². The number of nitrogens with zero attached hydrogens (tertiary/aromatic N) is 2. The number of nitrogens with one attached hydrogen (secondary N) is 2. The van der Waals surface area contributed by atoms with E-state index in [0.717, 1.165) is 4.31 Å². The minimum absolute atomic E-state index is 0.0646. The van der Waals surface area contributed by atoms with Crippen molar-refractivity contribution in [2.45, 2.75) is 18.7 Å². The van der Waals surface area contributed by atoms with Gasteiger partial charge < -0.3 is 0 Å². The SMILES string of the molecule is Cc1n[nH]c(C)c1S(=O)(=O)NCCS(=O)(=O)N(C)C. The molecule has 0 aromatic carbocycles. The van der Waals surface area contributed by atoms with Crippen molar-refractivity contribution in [3.8, 4) is 0 Å². The van der Waals surface area contributed by atoms with Gasteiger partial charge in [-0.05, 0) is 13.8 Å². The molecule has 0 radical (unpaired) electrons. The molecule has 0 saturated heterocycles. The lowest BCUT2D eigenvalue weighted by Gasteiger charge is -2.11. The quantitative estimate of drug-likeness (QED) is 0.714. The Kier molecular flexibility index (Phi) is 4.72. The molecule has 8 nitrogen and oxygen atoms in total. The average molecular weight is 310 g/mol. The second kappa shape index (κ2) is 5.57. The van der Waals surface area contributed by atoms with Crippen LogP contribution < -0.4 is 4.72 Å². The van der Waals surface area contributed by atoms with Crippen molar-refractivity contribution in [2.24, 2.45) is 0 Å². The fourth-order valence-corrected chi connectivity index (χ4v) is 3.75. The second-order valence-corrected chi connectivity index (χ2v) is 8.27. The van der Waals surface area contributed by atoms with Crippen molar-refractivity contribution in [2.75, 3.05) is 26.4 Å². The van der Waals surface area contributed by atoms with E-state index >= 15 is 0 Å². The minimum atomic E-state index is -3.75. The van der Waals surface area contributed by atoms with Crippen LogP contribution in [0.3, 0.4) is 0 Å². The molecule has 0 fully saturated rings. The third kappa shape index (κ3) is 3.75. The molecular formula is C9H18N4O4S2. The third-order valence-electron chi connectivity index (χ3n) is 2.54. The first kappa shape index (κ1) is 16.1. The third-order valence-corrected chi connectivity index (χ3v) is 6.09. The van der Waals surface area contributed by atoms with Gasteiger partial charge >= 0.3 is 0 Å². The van der Waals surface area contributed by atoms with Gasteiger partial charge in [0.15, 0.2) is 0 Å². The predicted molar refractivity (Wildman–Crippen MR) is 70.7 cm³/mol. The van der Waals surface area contributed by atoms with E-state index in [1.54, 1.807) is 13.8 Å². The number of aromatic amines is 1. The first-order valence-electron chi connectivity index (χ1n) is 5.49. The molecule has 110 valence electrons. The van der Waals surface area contributed by atoms with Gasteiger partial charge in [0.25, 0.3) is 0 Å². The molecule has 0 bridgehead atoms.